The van der Waals surface area contributed by atoms with E-state index in [9.17, 15) is 9.18 Å². The molecule has 0 unspecified atom stereocenters. The lowest BCUT2D eigenvalue weighted by Crippen LogP contribution is -1.96. The highest BCUT2D eigenvalue weighted by Crippen LogP contribution is 2.27. The van der Waals surface area contributed by atoms with Gasteiger partial charge in [-0.05, 0) is 52.9 Å². The summed E-state index contributed by atoms with van der Waals surface area (Å²) in [6, 6.07) is 9.29. The van der Waals surface area contributed by atoms with Crippen LogP contribution in [0.2, 0.25) is 0 Å². The lowest BCUT2D eigenvalue weighted by molar-refractivity contribution is 0.0699. The van der Waals surface area contributed by atoms with Gasteiger partial charge in [0.1, 0.15) is 17.2 Å². The maximum absolute atomic E-state index is 13.1. The summed E-state index contributed by atoms with van der Waals surface area (Å²) in [6.45, 7) is 0. The molecule has 0 saturated heterocycles. The molecule has 0 bridgehead atoms. The van der Waals surface area contributed by atoms with E-state index in [2.05, 4.69) is 9.97 Å². The van der Waals surface area contributed by atoms with E-state index in [0.717, 1.165) is 5.56 Å². The van der Waals surface area contributed by atoms with Crippen LogP contribution in [0.4, 0.5) is 4.39 Å². The van der Waals surface area contributed by atoms with Gasteiger partial charge >= 0.3 is 5.97 Å². The zero-order valence-electron chi connectivity index (χ0n) is 10.0. The Labute approximate surface area is 126 Å². The number of nitrogens with one attached hydrogen (secondary N) is 1. The molecule has 0 aliphatic heterocycles. The van der Waals surface area contributed by atoms with Gasteiger partial charge in [-0.1, -0.05) is 6.07 Å². The van der Waals surface area contributed by atoms with Gasteiger partial charge < -0.3 is 10.1 Å². The van der Waals surface area contributed by atoms with Crippen LogP contribution < -0.4 is 0 Å². The van der Waals surface area contributed by atoms with Crippen LogP contribution in [-0.4, -0.2) is 21.0 Å². The highest BCUT2D eigenvalue weighted by atomic mass is 127. The molecule has 0 saturated carbocycles. The zero-order chi connectivity index (χ0) is 14.3. The van der Waals surface area contributed by atoms with E-state index in [4.69, 9.17) is 5.11 Å². The molecular weight excluding hydrogens is 374 g/mol. The van der Waals surface area contributed by atoms with E-state index >= 15 is 0 Å². The first-order valence-corrected chi connectivity index (χ1v) is 6.81. The SMILES string of the molecule is O=C(O)c1cccc2[nH]c(-c3ccc(F)cc3I)nc12. The summed E-state index contributed by atoms with van der Waals surface area (Å²) in [7, 11) is 0. The van der Waals surface area contributed by atoms with Crippen molar-refractivity contribution in [1.29, 1.82) is 0 Å². The average molecular weight is 382 g/mol. The molecule has 1 heterocycles. The number of benzene rings is 2. The summed E-state index contributed by atoms with van der Waals surface area (Å²) in [4.78, 5) is 18.6. The molecule has 0 aliphatic rings. The standard InChI is InChI=1S/C14H8FIN2O2/c15-7-4-5-8(10(16)6-7)13-17-11-3-1-2-9(14(19)20)12(11)18-13/h1-6H,(H,17,18)(H,19,20). The molecule has 4 nitrogen and oxygen atoms in total. The van der Waals surface area contributed by atoms with Gasteiger partial charge in [0.15, 0.2) is 0 Å². The van der Waals surface area contributed by atoms with Crippen molar-refractivity contribution in [1.82, 2.24) is 9.97 Å². The van der Waals surface area contributed by atoms with Crippen molar-refractivity contribution < 1.29 is 14.3 Å². The number of H-pyrrole nitrogens is 1. The number of imidazole rings is 1. The van der Waals surface area contributed by atoms with Crippen molar-refractivity contribution in [3.63, 3.8) is 0 Å². The number of hydrogen-bond donors (Lipinski definition) is 2. The van der Waals surface area contributed by atoms with Gasteiger partial charge in [0.25, 0.3) is 0 Å². The minimum atomic E-state index is -1.03. The minimum absolute atomic E-state index is 0.141. The van der Waals surface area contributed by atoms with Gasteiger partial charge in [0.05, 0.1) is 11.1 Å². The highest BCUT2D eigenvalue weighted by Gasteiger charge is 2.14. The summed E-state index contributed by atoms with van der Waals surface area (Å²) in [6.07, 6.45) is 0. The Hall–Kier alpha value is -1.96. The molecule has 6 heteroatoms. The molecule has 0 amide bonds. The zero-order valence-corrected chi connectivity index (χ0v) is 12.2. The molecule has 0 atom stereocenters. The molecule has 100 valence electrons. The molecule has 20 heavy (non-hydrogen) atoms. The number of para-hydroxylation sites is 1. The lowest BCUT2D eigenvalue weighted by Gasteiger charge is -2.00. The van der Waals surface area contributed by atoms with Gasteiger partial charge in [-0.25, -0.2) is 14.2 Å². The van der Waals surface area contributed by atoms with Crippen molar-refractivity contribution in [2.24, 2.45) is 0 Å². The quantitative estimate of drug-likeness (QED) is 0.665. The maximum atomic E-state index is 13.1. The molecule has 1 aromatic heterocycles. The van der Waals surface area contributed by atoms with Gasteiger partial charge in [0, 0.05) is 9.13 Å². The van der Waals surface area contributed by atoms with Crippen molar-refractivity contribution in [2.75, 3.05) is 0 Å². The fourth-order valence-corrected chi connectivity index (χ4v) is 2.75. The number of carbonyl (C=O) groups is 1. The smallest absolute Gasteiger partial charge is 0.337 e. The van der Waals surface area contributed by atoms with Crippen LogP contribution >= 0.6 is 22.6 Å². The average Bonchev–Trinajstić information content (AvgIpc) is 2.81. The monoisotopic (exact) mass is 382 g/mol. The molecular formula is C14H8FIN2O2. The van der Waals surface area contributed by atoms with E-state index in [1.165, 1.54) is 18.2 Å². The van der Waals surface area contributed by atoms with Gasteiger partial charge in [0.2, 0.25) is 0 Å². The Morgan fingerprint density at radius 3 is 2.80 bits per heavy atom. The largest absolute Gasteiger partial charge is 0.478 e. The number of aromatic carboxylic acids is 1. The van der Waals surface area contributed by atoms with Crippen molar-refractivity contribution in [3.05, 3.63) is 51.3 Å². The van der Waals surface area contributed by atoms with Crippen LogP contribution in [0.5, 0.6) is 0 Å². The summed E-state index contributed by atoms with van der Waals surface area (Å²) < 4.78 is 13.8. The maximum Gasteiger partial charge on any atom is 0.337 e. The summed E-state index contributed by atoms with van der Waals surface area (Å²) in [5.41, 5.74) is 1.91. The summed E-state index contributed by atoms with van der Waals surface area (Å²) in [5, 5.41) is 9.15. The molecule has 3 aromatic rings. The molecule has 0 spiro atoms. The number of nitrogens with zero attached hydrogens (tertiary/aromatic N) is 1. The fraction of sp³-hybridized carbons (Fsp3) is 0. The fourth-order valence-electron chi connectivity index (χ4n) is 2.01. The first-order chi connectivity index (χ1) is 9.56. The van der Waals surface area contributed by atoms with Crippen LogP contribution in [0.25, 0.3) is 22.4 Å². The van der Waals surface area contributed by atoms with E-state index in [0.29, 0.717) is 20.4 Å². The predicted molar refractivity (Wildman–Crippen MR) is 81.2 cm³/mol. The topological polar surface area (TPSA) is 66.0 Å². The van der Waals surface area contributed by atoms with Gasteiger partial charge in [-0.2, -0.15) is 0 Å². The third kappa shape index (κ3) is 2.15. The Balaban J connectivity index is 2.23. The molecule has 3 rings (SSSR count). The van der Waals surface area contributed by atoms with E-state index in [1.807, 2.05) is 22.6 Å². The van der Waals surface area contributed by atoms with E-state index in [-0.39, 0.29) is 11.4 Å². The Bertz CT molecular complexity index is 829. The predicted octanol–water partition coefficient (Wildman–Crippen LogP) is 3.67. The number of carboxylic acid groups (broad SMARTS) is 1. The Kier molecular flexibility index (Phi) is 3.17. The number of aromatic amines is 1. The van der Waals surface area contributed by atoms with Crippen molar-refractivity contribution in [3.8, 4) is 11.4 Å². The number of aromatic nitrogens is 2. The number of carboxylic acids is 1. The van der Waals surface area contributed by atoms with Gasteiger partial charge in [-0.15, -0.1) is 0 Å². The van der Waals surface area contributed by atoms with Crippen LogP contribution in [0.1, 0.15) is 10.4 Å². The van der Waals surface area contributed by atoms with Crippen LogP contribution in [-0.2, 0) is 0 Å². The van der Waals surface area contributed by atoms with Crippen LogP contribution in [0.3, 0.4) is 0 Å². The third-order valence-corrected chi connectivity index (χ3v) is 3.82. The van der Waals surface area contributed by atoms with Crippen LogP contribution in [0, 0.1) is 9.39 Å². The van der Waals surface area contributed by atoms with E-state index < -0.39 is 5.97 Å². The summed E-state index contributed by atoms with van der Waals surface area (Å²) >= 11 is 2.02. The normalized spacial score (nSPS) is 10.9. The third-order valence-electron chi connectivity index (χ3n) is 2.93. The molecule has 2 N–H and O–H groups in total. The second kappa shape index (κ2) is 4.86. The molecule has 0 radical (unpaired) electrons. The first kappa shape index (κ1) is 13.0. The number of hydrogen-bond acceptors (Lipinski definition) is 2. The highest BCUT2D eigenvalue weighted by molar-refractivity contribution is 14.1. The van der Waals surface area contributed by atoms with E-state index in [1.54, 1.807) is 18.2 Å². The van der Waals surface area contributed by atoms with Crippen molar-refractivity contribution >= 4 is 39.6 Å². The molecule has 0 fully saturated rings. The molecule has 2 aromatic carbocycles. The Morgan fingerprint density at radius 2 is 2.10 bits per heavy atom. The lowest BCUT2D eigenvalue weighted by atomic mass is 10.2. The van der Waals surface area contributed by atoms with Crippen LogP contribution in [0.15, 0.2) is 36.4 Å². The minimum Gasteiger partial charge on any atom is -0.478 e. The summed E-state index contributed by atoms with van der Waals surface area (Å²) in [5.74, 6) is -0.818. The first-order valence-electron chi connectivity index (χ1n) is 5.73. The number of fused-ring (bicyclic) bond motifs is 1. The van der Waals surface area contributed by atoms with Crippen molar-refractivity contribution in [2.45, 2.75) is 0 Å². The second-order valence-corrected chi connectivity index (χ2v) is 5.38. The number of rotatable bonds is 2. The van der Waals surface area contributed by atoms with Gasteiger partial charge in [-0.3, -0.25) is 0 Å². The number of halogens is 2. The molecule has 0 aliphatic carbocycles. The second-order valence-electron chi connectivity index (χ2n) is 4.22. The Morgan fingerprint density at radius 1 is 1.30 bits per heavy atom.